The molecule has 0 bridgehead atoms. The van der Waals surface area contributed by atoms with Crippen molar-refractivity contribution in [3.05, 3.63) is 64.7 Å². The van der Waals surface area contributed by atoms with Crippen molar-refractivity contribution in [2.45, 2.75) is 24.3 Å². The van der Waals surface area contributed by atoms with Gasteiger partial charge in [0.15, 0.2) is 0 Å². The summed E-state index contributed by atoms with van der Waals surface area (Å²) in [6.45, 7) is 5.36. The Bertz CT molecular complexity index is 859. The molecule has 0 spiro atoms. The van der Waals surface area contributed by atoms with Crippen molar-refractivity contribution >= 4 is 21.6 Å². The highest BCUT2D eigenvalue weighted by Crippen LogP contribution is 2.22. The maximum absolute atomic E-state index is 12.5. The molecule has 7 heteroatoms. The van der Waals surface area contributed by atoms with Crippen molar-refractivity contribution in [1.29, 1.82) is 0 Å². The lowest BCUT2D eigenvalue weighted by molar-refractivity contribution is -0.0300. The number of rotatable bonds is 7. The van der Waals surface area contributed by atoms with Crippen LogP contribution in [0.4, 0.5) is 0 Å². The zero-order chi connectivity index (χ0) is 19.3. The lowest BCUT2D eigenvalue weighted by Crippen LogP contribution is -2.39. The van der Waals surface area contributed by atoms with Gasteiger partial charge >= 0.3 is 0 Å². The Morgan fingerprint density at radius 3 is 2.78 bits per heavy atom. The Balaban J connectivity index is 1.49. The van der Waals surface area contributed by atoms with Gasteiger partial charge in [0.1, 0.15) is 0 Å². The van der Waals surface area contributed by atoms with Gasteiger partial charge in [-0.05, 0) is 43.1 Å². The van der Waals surface area contributed by atoms with Crippen molar-refractivity contribution in [3.8, 4) is 0 Å². The van der Waals surface area contributed by atoms with Gasteiger partial charge in [0, 0.05) is 24.7 Å². The number of morpholine rings is 1. The Labute approximate surface area is 166 Å². The maximum atomic E-state index is 12.5. The van der Waals surface area contributed by atoms with Crippen molar-refractivity contribution in [3.63, 3.8) is 0 Å². The molecule has 1 N–H and O–H groups in total. The fourth-order valence-corrected chi connectivity index (χ4v) is 4.80. The third kappa shape index (κ3) is 5.53. The first-order chi connectivity index (χ1) is 13.0. The lowest BCUT2D eigenvalue weighted by Gasteiger charge is -2.33. The van der Waals surface area contributed by atoms with Gasteiger partial charge in [-0.1, -0.05) is 48.0 Å². The van der Waals surface area contributed by atoms with Crippen LogP contribution in [0, 0.1) is 6.92 Å². The minimum atomic E-state index is -3.55. The molecule has 1 unspecified atom stereocenters. The Kier molecular flexibility index (Phi) is 6.89. The highest BCUT2D eigenvalue weighted by Gasteiger charge is 2.22. The first-order valence-corrected chi connectivity index (χ1v) is 11.0. The molecule has 0 aliphatic carbocycles. The first kappa shape index (κ1) is 20.3. The van der Waals surface area contributed by atoms with E-state index in [1.165, 1.54) is 11.6 Å². The average Bonchev–Trinajstić information content (AvgIpc) is 2.68. The molecule has 1 aliphatic heterocycles. The van der Waals surface area contributed by atoms with Crippen LogP contribution in [0.1, 0.15) is 23.7 Å². The standard InChI is InChI=1S/C20H25ClN2O3S/c1-16-8-9-18(21)14-20(16)27(24,25)22-10-5-11-23-12-13-26-19(15-23)17-6-3-2-4-7-17/h2-4,6-9,14,19,22H,5,10-13,15H2,1H3. The monoisotopic (exact) mass is 408 g/mol. The van der Waals surface area contributed by atoms with Crippen LogP contribution in [0.5, 0.6) is 0 Å². The predicted molar refractivity (Wildman–Crippen MR) is 108 cm³/mol. The number of hydrogen-bond acceptors (Lipinski definition) is 4. The number of aryl methyl sites for hydroxylation is 1. The summed E-state index contributed by atoms with van der Waals surface area (Å²) in [5.74, 6) is 0. The normalized spacial score (nSPS) is 18.5. The molecule has 1 fully saturated rings. The topological polar surface area (TPSA) is 58.6 Å². The van der Waals surface area contributed by atoms with E-state index in [-0.39, 0.29) is 11.0 Å². The summed E-state index contributed by atoms with van der Waals surface area (Å²) in [6, 6.07) is 15.1. The molecular formula is C20H25ClN2O3S. The van der Waals surface area contributed by atoms with Crippen LogP contribution >= 0.6 is 11.6 Å². The van der Waals surface area contributed by atoms with E-state index >= 15 is 0 Å². The highest BCUT2D eigenvalue weighted by molar-refractivity contribution is 7.89. The van der Waals surface area contributed by atoms with Gasteiger partial charge in [-0.3, -0.25) is 4.90 Å². The second kappa shape index (κ2) is 9.17. The molecule has 3 rings (SSSR count). The van der Waals surface area contributed by atoms with Gasteiger partial charge in [0.05, 0.1) is 17.6 Å². The number of hydrogen-bond donors (Lipinski definition) is 1. The molecule has 2 aromatic carbocycles. The summed E-state index contributed by atoms with van der Waals surface area (Å²) in [4.78, 5) is 2.56. The van der Waals surface area contributed by atoms with E-state index in [0.717, 1.165) is 26.1 Å². The summed E-state index contributed by atoms with van der Waals surface area (Å²) in [6.07, 6.45) is 0.811. The number of nitrogens with zero attached hydrogens (tertiary/aromatic N) is 1. The Hall–Kier alpha value is -1.44. The molecule has 1 aliphatic rings. The number of halogens is 1. The second-order valence-electron chi connectivity index (χ2n) is 6.73. The predicted octanol–water partition coefficient (Wildman–Crippen LogP) is 3.39. The SMILES string of the molecule is Cc1ccc(Cl)cc1S(=O)(=O)NCCCN1CCOC(c2ccccc2)C1. The minimum Gasteiger partial charge on any atom is -0.371 e. The third-order valence-corrected chi connectivity index (χ3v) is 6.54. The number of nitrogens with one attached hydrogen (secondary N) is 1. The van der Waals surface area contributed by atoms with E-state index in [9.17, 15) is 8.42 Å². The second-order valence-corrected chi connectivity index (χ2v) is 8.90. The molecule has 146 valence electrons. The molecular weight excluding hydrogens is 384 g/mol. The molecule has 1 heterocycles. The van der Waals surface area contributed by atoms with Crippen molar-refractivity contribution < 1.29 is 13.2 Å². The molecule has 5 nitrogen and oxygen atoms in total. The number of sulfonamides is 1. The highest BCUT2D eigenvalue weighted by atomic mass is 35.5. The minimum absolute atomic E-state index is 0.0748. The van der Waals surface area contributed by atoms with E-state index in [4.69, 9.17) is 16.3 Å². The van der Waals surface area contributed by atoms with Gasteiger partial charge < -0.3 is 4.74 Å². The molecule has 0 saturated carbocycles. The number of benzene rings is 2. The quantitative estimate of drug-likeness (QED) is 0.713. The van der Waals surface area contributed by atoms with E-state index in [1.807, 2.05) is 18.2 Å². The summed E-state index contributed by atoms with van der Waals surface area (Å²) >= 11 is 5.94. The van der Waals surface area contributed by atoms with Gasteiger partial charge in [0.25, 0.3) is 0 Å². The Morgan fingerprint density at radius 1 is 1.22 bits per heavy atom. The largest absolute Gasteiger partial charge is 0.371 e. The van der Waals surface area contributed by atoms with Crippen molar-refractivity contribution in [2.24, 2.45) is 0 Å². The van der Waals surface area contributed by atoms with Crippen molar-refractivity contribution in [1.82, 2.24) is 9.62 Å². The number of ether oxygens (including phenoxy) is 1. The summed E-state index contributed by atoms with van der Waals surface area (Å²) in [7, 11) is -3.55. The van der Waals surface area contributed by atoms with Gasteiger partial charge in [-0.15, -0.1) is 0 Å². The fourth-order valence-electron chi connectivity index (χ4n) is 3.23. The third-order valence-electron chi connectivity index (χ3n) is 4.70. The van der Waals surface area contributed by atoms with Crippen molar-refractivity contribution in [2.75, 3.05) is 32.8 Å². The Morgan fingerprint density at radius 2 is 2.00 bits per heavy atom. The van der Waals surface area contributed by atoms with Crippen LogP contribution in [-0.2, 0) is 14.8 Å². The van der Waals surface area contributed by atoms with Gasteiger partial charge in [0.2, 0.25) is 10.0 Å². The van der Waals surface area contributed by atoms with E-state index < -0.39 is 10.0 Å². The van der Waals surface area contributed by atoms with E-state index in [1.54, 1.807) is 19.1 Å². The van der Waals surface area contributed by atoms with Crippen LogP contribution in [0.2, 0.25) is 5.02 Å². The molecule has 0 amide bonds. The fraction of sp³-hybridized carbons (Fsp3) is 0.400. The molecule has 0 radical (unpaired) electrons. The van der Waals surface area contributed by atoms with Crippen LogP contribution in [0.15, 0.2) is 53.4 Å². The zero-order valence-corrected chi connectivity index (χ0v) is 17.0. The molecule has 1 atom stereocenters. The van der Waals surface area contributed by atoms with Crippen LogP contribution in [-0.4, -0.2) is 46.1 Å². The van der Waals surface area contributed by atoms with E-state index in [2.05, 4.69) is 21.8 Å². The smallest absolute Gasteiger partial charge is 0.240 e. The summed E-state index contributed by atoms with van der Waals surface area (Å²) in [5.41, 5.74) is 1.87. The van der Waals surface area contributed by atoms with Gasteiger partial charge in [-0.25, -0.2) is 13.1 Å². The van der Waals surface area contributed by atoms with Gasteiger partial charge in [-0.2, -0.15) is 0 Å². The summed E-state index contributed by atoms with van der Waals surface area (Å²) < 4.78 is 33.5. The molecule has 1 saturated heterocycles. The average molecular weight is 409 g/mol. The zero-order valence-electron chi connectivity index (χ0n) is 15.4. The van der Waals surface area contributed by atoms with Crippen LogP contribution in [0.25, 0.3) is 0 Å². The lowest BCUT2D eigenvalue weighted by atomic mass is 10.1. The molecule has 0 aromatic heterocycles. The summed E-state index contributed by atoms with van der Waals surface area (Å²) in [5, 5.41) is 0.418. The van der Waals surface area contributed by atoms with Crippen LogP contribution < -0.4 is 4.72 Å². The first-order valence-electron chi connectivity index (χ1n) is 9.10. The molecule has 27 heavy (non-hydrogen) atoms. The molecule has 2 aromatic rings. The van der Waals surface area contributed by atoms with E-state index in [0.29, 0.717) is 23.7 Å². The maximum Gasteiger partial charge on any atom is 0.240 e. The van der Waals surface area contributed by atoms with Crippen LogP contribution in [0.3, 0.4) is 0 Å².